The smallest absolute Gasteiger partial charge is 0.288 e. The number of rotatable bonds is 4. The predicted octanol–water partition coefficient (Wildman–Crippen LogP) is 2.47. The van der Waals surface area contributed by atoms with Gasteiger partial charge in [-0.2, -0.15) is 0 Å². The molecule has 1 aromatic carbocycles. The molecule has 0 saturated heterocycles. The van der Waals surface area contributed by atoms with Gasteiger partial charge >= 0.3 is 0 Å². The number of amides is 1. The van der Waals surface area contributed by atoms with Crippen LogP contribution in [0, 0.1) is 10.1 Å². The minimum atomic E-state index is -0.591. The number of nitrogens with two attached hydrogens (primary N) is 1. The molecule has 0 fully saturated rings. The molecule has 0 radical (unpaired) electrons. The molecule has 0 bridgehead atoms. The average molecular weight is 313 g/mol. The van der Waals surface area contributed by atoms with E-state index in [1.807, 2.05) is 0 Å². The molecule has 0 atom stereocenters. The lowest BCUT2D eigenvalue weighted by Crippen LogP contribution is -2.14. The summed E-state index contributed by atoms with van der Waals surface area (Å²) in [5.74, 6) is -0.305. The van der Waals surface area contributed by atoms with E-state index < -0.39 is 4.92 Å². The molecule has 2 rings (SSSR count). The molecule has 1 aromatic heterocycles. The van der Waals surface area contributed by atoms with E-state index in [0.29, 0.717) is 16.5 Å². The number of nitro groups is 1. The van der Waals surface area contributed by atoms with Crippen LogP contribution in [0.2, 0.25) is 5.02 Å². The van der Waals surface area contributed by atoms with Crippen LogP contribution in [-0.4, -0.2) is 15.8 Å². The summed E-state index contributed by atoms with van der Waals surface area (Å²) in [5, 5.41) is 15.2. The summed E-state index contributed by atoms with van der Waals surface area (Å²) in [7, 11) is 0. The van der Waals surface area contributed by atoms with Crippen LogP contribution in [0.25, 0.3) is 0 Å². The summed E-state index contributed by atoms with van der Waals surface area (Å²) < 4.78 is 0. The number of nitrogens with one attached hydrogen (secondary N) is 1. The van der Waals surface area contributed by atoms with Crippen LogP contribution in [0.5, 0.6) is 0 Å². The van der Waals surface area contributed by atoms with E-state index >= 15 is 0 Å². The Morgan fingerprint density at radius 3 is 2.85 bits per heavy atom. The van der Waals surface area contributed by atoms with Gasteiger partial charge in [-0.3, -0.25) is 14.9 Å². The lowest BCUT2D eigenvalue weighted by molar-refractivity contribution is -0.384. The van der Waals surface area contributed by atoms with Crippen LogP contribution >= 0.6 is 22.9 Å². The number of thiazole rings is 1. The number of carbonyl (C=O) groups is 1. The minimum Gasteiger partial charge on any atom is -0.375 e. The van der Waals surface area contributed by atoms with E-state index in [1.54, 1.807) is 5.38 Å². The lowest BCUT2D eigenvalue weighted by Gasteiger charge is -2.04. The van der Waals surface area contributed by atoms with E-state index in [2.05, 4.69) is 10.3 Å². The summed E-state index contributed by atoms with van der Waals surface area (Å²) >= 11 is 7.00. The predicted molar refractivity (Wildman–Crippen MR) is 77.0 cm³/mol. The van der Waals surface area contributed by atoms with Gasteiger partial charge in [0, 0.05) is 17.1 Å². The number of hydrogen-bond donors (Lipinski definition) is 2. The number of carbonyl (C=O) groups excluding carboxylic acids is 1. The van der Waals surface area contributed by atoms with Crippen LogP contribution in [-0.2, 0) is 11.2 Å². The minimum absolute atomic E-state index is 0.0364. The topological polar surface area (TPSA) is 111 Å². The number of halogens is 1. The first-order chi connectivity index (χ1) is 9.45. The van der Waals surface area contributed by atoms with Gasteiger partial charge in [-0.25, -0.2) is 4.98 Å². The third-order valence-electron chi connectivity index (χ3n) is 2.34. The van der Waals surface area contributed by atoms with Gasteiger partial charge in [0.25, 0.3) is 5.69 Å². The molecule has 0 aliphatic rings. The zero-order valence-corrected chi connectivity index (χ0v) is 11.6. The standard InChI is InChI=1S/C11H9ClN4O3S/c12-8-3-6(1-2-9(8)16(18)19)14-10(17)4-7-5-20-11(13)15-7/h1-3,5H,4H2,(H2,13,15)(H,14,17). The zero-order chi connectivity index (χ0) is 14.7. The van der Waals surface area contributed by atoms with Crippen molar-refractivity contribution in [3.8, 4) is 0 Å². The summed E-state index contributed by atoms with van der Waals surface area (Å²) in [5.41, 5.74) is 6.21. The average Bonchev–Trinajstić information content (AvgIpc) is 2.74. The SMILES string of the molecule is Nc1nc(CC(=O)Nc2ccc([N+](=O)[O-])c(Cl)c2)cs1. The fraction of sp³-hybridized carbons (Fsp3) is 0.0909. The van der Waals surface area contributed by atoms with E-state index in [-0.39, 0.29) is 23.0 Å². The first kappa shape index (κ1) is 14.2. The number of nitro benzene ring substituents is 1. The fourth-order valence-corrected chi connectivity index (χ4v) is 2.32. The maximum atomic E-state index is 11.8. The first-order valence-corrected chi connectivity index (χ1v) is 6.65. The normalized spacial score (nSPS) is 10.2. The zero-order valence-electron chi connectivity index (χ0n) is 10.00. The van der Waals surface area contributed by atoms with Crippen LogP contribution in [0.3, 0.4) is 0 Å². The van der Waals surface area contributed by atoms with Crippen molar-refractivity contribution >= 4 is 45.4 Å². The first-order valence-electron chi connectivity index (χ1n) is 5.39. The Bertz CT molecular complexity index is 673. The maximum Gasteiger partial charge on any atom is 0.288 e. The van der Waals surface area contributed by atoms with Crippen molar-refractivity contribution in [2.45, 2.75) is 6.42 Å². The molecule has 2 aromatic rings. The number of nitrogen functional groups attached to an aromatic ring is 1. The molecule has 0 unspecified atom stereocenters. The summed E-state index contributed by atoms with van der Waals surface area (Å²) in [6.07, 6.45) is 0.0717. The molecule has 7 nitrogen and oxygen atoms in total. The number of aromatic nitrogens is 1. The monoisotopic (exact) mass is 312 g/mol. The van der Waals surface area contributed by atoms with Crippen molar-refractivity contribution in [3.05, 3.63) is 44.4 Å². The second-order valence-corrected chi connectivity index (χ2v) is 5.12. The molecule has 0 aliphatic carbocycles. The van der Waals surface area contributed by atoms with Crippen LogP contribution < -0.4 is 11.1 Å². The Labute approximate surface area is 122 Å². The largest absolute Gasteiger partial charge is 0.375 e. The summed E-state index contributed by atoms with van der Waals surface area (Å²) in [6, 6.07) is 3.98. The van der Waals surface area contributed by atoms with E-state index in [4.69, 9.17) is 17.3 Å². The van der Waals surface area contributed by atoms with Crippen molar-refractivity contribution in [2.75, 3.05) is 11.1 Å². The Balaban J connectivity index is 2.04. The highest BCUT2D eigenvalue weighted by Gasteiger charge is 2.13. The molecule has 104 valence electrons. The third-order valence-corrected chi connectivity index (χ3v) is 3.36. The molecule has 20 heavy (non-hydrogen) atoms. The lowest BCUT2D eigenvalue weighted by atomic mass is 10.2. The maximum absolute atomic E-state index is 11.8. The van der Waals surface area contributed by atoms with Gasteiger partial charge in [-0.1, -0.05) is 11.6 Å². The molecule has 9 heteroatoms. The molecule has 1 heterocycles. The molecule has 1 amide bonds. The Morgan fingerprint density at radius 2 is 2.30 bits per heavy atom. The molecular formula is C11H9ClN4O3S. The highest BCUT2D eigenvalue weighted by Crippen LogP contribution is 2.27. The fourth-order valence-electron chi connectivity index (χ4n) is 1.51. The highest BCUT2D eigenvalue weighted by atomic mass is 35.5. The van der Waals surface area contributed by atoms with Crippen LogP contribution in [0.1, 0.15) is 5.69 Å². The van der Waals surface area contributed by atoms with Gasteiger partial charge in [-0.05, 0) is 12.1 Å². The molecule has 0 spiro atoms. The van der Waals surface area contributed by atoms with E-state index in [1.165, 1.54) is 29.5 Å². The second kappa shape index (κ2) is 5.85. The quantitative estimate of drug-likeness (QED) is 0.665. The Kier molecular flexibility index (Phi) is 4.16. The Morgan fingerprint density at radius 1 is 1.55 bits per heavy atom. The van der Waals surface area contributed by atoms with Gasteiger partial charge in [-0.15, -0.1) is 11.3 Å². The number of hydrogen-bond acceptors (Lipinski definition) is 6. The number of benzene rings is 1. The van der Waals surface area contributed by atoms with Crippen molar-refractivity contribution in [2.24, 2.45) is 0 Å². The van der Waals surface area contributed by atoms with Crippen molar-refractivity contribution in [3.63, 3.8) is 0 Å². The summed E-state index contributed by atoms with van der Waals surface area (Å²) in [6.45, 7) is 0. The van der Waals surface area contributed by atoms with Gasteiger partial charge in [0.05, 0.1) is 17.0 Å². The van der Waals surface area contributed by atoms with E-state index in [0.717, 1.165) is 0 Å². The molecule has 0 saturated carbocycles. The molecule has 0 aliphatic heterocycles. The number of anilines is 2. The van der Waals surface area contributed by atoms with Gasteiger partial charge < -0.3 is 11.1 Å². The van der Waals surface area contributed by atoms with Crippen molar-refractivity contribution in [1.82, 2.24) is 4.98 Å². The molecule has 3 N–H and O–H groups in total. The van der Waals surface area contributed by atoms with Crippen LogP contribution in [0.15, 0.2) is 23.6 Å². The number of nitrogens with zero attached hydrogens (tertiary/aromatic N) is 2. The summed E-state index contributed by atoms with van der Waals surface area (Å²) in [4.78, 5) is 25.7. The van der Waals surface area contributed by atoms with Crippen LogP contribution in [0.4, 0.5) is 16.5 Å². The van der Waals surface area contributed by atoms with Gasteiger partial charge in [0.15, 0.2) is 5.13 Å². The Hall–Kier alpha value is -2.19. The van der Waals surface area contributed by atoms with Crippen molar-refractivity contribution < 1.29 is 9.72 Å². The van der Waals surface area contributed by atoms with Crippen molar-refractivity contribution in [1.29, 1.82) is 0 Å². The third kappa shape index (κ3) is 3.43. The molecular weight excluding hydrogens is 304 g/mol. The highest BCUT2D eigenvalue weighted by molar-refractivity contribution is 7.13. The van der Waals surface area contributed by atoms with E-state index in [9.17, 15) is 14.9 Å². The van der Waals surface area contributed by atoms with Gasteiger partial charge in [0.2, 0.25) is 5.91 Å². The van der Waals surface area contributed by atoms with Gasteiger partial charge in [0.1, 0.15) is 5.02 Å². The second-order valence-electron chi connectivity index (χ2n) is 3.83.